The van der Waals surface area contributed by atoms with Crippen molar-refractivity contribution in [3.63, 3.8) is 0 Å². The minimum Gasteiger partial charge on any atom is -0.460 e. The average molecular weight is 390 g/mol. The number of halogens is 3. The zero-order chi connectivity index (χ0) is 20.0. The fraction of sp³-hybridized carbons (Fsp3) is 0.471. The first-order valence-electron chi connectivity index (χ1n) is 7.76. The highest BCUT2D eigenvalue weighted by Crippen LogP contribution is 2.32. The first-order valence-corrected chi connectivity index (χ1v) is 8.75. The van der Waals surface area contributed by atoms with Gasteiger partial charge in [-0.1, -0.05) is 23.9 Å². The topological polar surface area (TPSA) is 83.2 Å². The average Bonchev–Trinajstić information content (AvgIpc) is 2.49. The summed E-state index contributed by atoms with van der Waals surface area (Å²) in [6, 6.07) is 4.55. The molecule has 0 aliphatic carbocycles. The van der Waals surface area contributed by atoms with E-state index in [0.717, 1.165) is 23.9 Å². The third kappa shape index (κ3) is 7.90. The molecule has 0 bridgehead atoms. The summed E-state index contributed by atoms with van der Waals surface area (Å²) in [7, 11) is 0. The van der Waals surface area contributed by atoms with Gasteiger partial charge in [0.05, 0.1) is 5.56 Å². The van der Waals surface area contributed by atoms with Gasteiger partial charge in [0.25, 0.3) is 0 Å². The maximum atomic E-state index is 12.9. The summed E-state index contributed by atoms with van der Waals surface area (Å²) in [6.45, 7) is 5.27. The SMILES string of the molecule is CC(C)(C)OC(=O)CCCSC(=N)OC(=N)c1ccccc1C(F)(F)F. The van der Waals surface area contributed by atoms with E-state index in [1.54, 1.807) is 20.8 Å². The Morgan fingerprint density at radius 2 is 1.77 bits per heavy atom. The number of nitrogens with one attached hydrogen (secondary N) is 2. The van der Waals surface area contributed by atoms with Crippen molar-refractivity contribution in [2.45, 2.75) is 45.4 Å². The van der Waals surface area contributed by atoms with Crippen molar-refractivity contribution in [1.82, 2.24) is 0 Å². The van der Waals surface area contributed by atoms with Crippen LogP contribution in [0.5, 0.6) is 0 Å². The Labute approximate surface area is 154 Å². The second-order valence-electron chi connectivity index (χ2n) is 6.30. The molecule has 0 unspecified atom stereocenters. The minimum atomic E-state index is -4.62. The lowest BCUT2D eigenvalue weighted by molar-refractivity contribution is -0.154. The van der Waals surface area contributed by atoms with Gasteiger partial charge >= 0.3 is 12.1 Å². The molecule has 0 saturated heterocycles. The summed E-state index contributed by atoms with van der Waals surface area (Å²) in [5.74, 6) is -0.772. The van der Waals surface area contributed by atoms with Crippen LogP contribution in [0.3, 0.4) is 0 Å². The molecule has 0 radical (unpaired) electrons. The zero-order valence-electron chi connectivity index (χ0n) is 14.7. The molecule has 1 rings (SSSR count). The molecule has 1 aromatic rings. The van der Waals surface area contributed by atoms with Crippen molar-refractivity contribution in [1.29, 1.82) is 10.8 Å². The number of esters is 1. The highest BCUT2D eigenvalue weighted by atomic mass is 32.2. The molecule has 26 heavy (non-hydrogen) atoms. The molecule has 0 aromatic heterocycles. The predicted molar refractivity (Wildman–Crippen MR) is 94.6 cm³/mol. The number of hydrogen-bond donors (Lipinski definition) is 2. The van der Waals surface area contributed by atoms with Gasteiger partial charge in [-0.2, -0.15) is 13.2 Å². The van der Waals surface area contributed by atoms with E-state index in [2.05, 4.69) is 0 Å². The van der Waals surface area contributed by atoms with E-state index in [4.69, 9.17) is 20.3 Å². The van der Waals surface area contributed by atoms with Crippen LogP contribution >= 0.6 is 11.8 Å². The molecule has 0 aliphatic rings. The van der Waals surface area contributed by atoms with Crippen LogP contribution in [0.4, 0.5) is 13.2 Å². The quantitative estimate of drug-likeness (QED) is 0.326. The van der Waals surface area contributed by atoms with Gasteiger partial charge in [0, 0.05) is 17.7 Å². The van der Waals surface area contributed by atoms with Gasteiger partial charge in [0.2, 0.25) is 11.1 Å². The fourth-order valence-corrected chi connectivity index (χ4v) is 2.50. The second-order valence-corrected chi connectivity index (χ2v) is 7.37. The number of rotatable bonds is 5. The van der Waals surface area contributed by atoms with Crippen LogP contribution in [0, 0.1) is 10.8 Å². The number of hydrogen-bond acceptors (Lipinski definition) is 6. The second kappa shape index (κ2) is 9.07. The molecule has 144 valence electrons. The van der Waals surface area contributed by atoms with E-state index < -0.39 is 34.0 Å². The Morgan fingerprint density at radius 1 is 1.15 bits per heavy atom. The van der Waals surface area contributed by atoms with E-state index in [9.17, 15) is 18.0 Å². The predicted octanol–water partition coefficient (Wildman–Crippen LogP) is 4.84. The minimum absolute atomic E-state index is 0.159. The van der Waals surface area contributed by atoms with Crippen molar-refractivity contribution in [3.05, 3.63) is 35.4 Å². The molecule has 1 aromatic carbocycles. The number of carbonyl (C=O) groups excluding carboxylic acids is 1. The highest BCUT2D eigenvalue weighted by Gasteiger charge is 2.34. The molecule has 9 heteroatoms. The van der Waals surface area contributed by atoms with Gasteiger partial charge < -0.3 is 9.47 Å². The molecule has 0 spiro atoms. The molecule has 2 N–H and O–H groups in total. The highest BCUT2D eigenvalue weighted by molar-refractivity contribution is 8.13. The lowest BCUT2D eigenvalue weighted by Gasteiger charge is -2.19. The van der Waals surface area contributed by atoms with Gasteiger partial charge in [-0.25, -0.2) is 0 Å². The van der Waals surface area contributed by atoms with Crippen molar-refractivity contribution >= 4 is 28.9 Å². The van der Waals surface area contributed by atoms with Crippen LogP contribution in [-0.4, -0.2) is 28.5 Å². The molecule has 0 saturated carbocycles. The monoisotopic (exact) mass is 390 g/mol. The van der Waals surface area contributed by atoms with E-state index >= 15 is 0 Å². The molecule has 0 aliphatic heterocycles. The summed E-state index contributed by atoms with van der Waals surface area (Å²) < 4.78 is 48.8. The van der Waals surface area contributed by atoms with Gasteiger partial charge in [-0.3, -0.25) is 15.6 Å². The Hall–Kier alpha value is -2.03. The molecule has 0 fully saturated rings. The Kier molecular flexibility index (Phi) is 7.68. The third-order valence-electron chi connectivity index (χ3n) is 2.85. The third-order valence-corrected chi connectivity index (χ3v) is 3.69. The molecular formula is C17H21F3N2O3S. The van der Waals surface area contributed by atoms with Crippen LogP contribution in [-0.2, 0) is 20.4 Å². The molecular weight excluding hydrogens is 369 g/mol. The molecule has 0 heterocycles. The number of alkyl halides is 3. The van der Waals surface area contributed by atoms with Gasteiger partial charge in [-0.05, 0) is 39.3 Å². The van der Waals surface area contributed by atoms with Crippen molar-refractivity contribution < 1.29 is 27.4 Å². The van der Waals surface area contributed by atoms with Crippen LogP contribution in [0.25, 0.3) is 0 Å². The number of benzene rings is 1. The lowest BCUT2D eigenvalue weighted by Crippen LogP contribution is -2.23. The zero-order valence-corrected chi connectivity index (χ0v) is 15.5. The first-order chi connectivity index (χ1) is 11.9. The molecule has 0 atom stereocenters. The normalized spacial score (nSPS) is 11.8. The van der Waals surface area contributed by atoms with E-state index in [-0.39, 0.29) is 12.4 Å². The van der Waals surface area contributed by atoms with Crippen LogP contribution < -0.4 is 0 Å². The lowest BCUT2D eigenvalue weighted by atomic mass is 10.1. The molecule has 0 amide bonds. The van der Waals surface area contributed by atoms with E-state index in [1.165, 1.54) is 12.1 Å². The van der Waals surface area contributed by atoms with Crippen molar-refractivity contribution in [2.75, 3.05) is 5.75 Å². The van der Waals surface area contributed by atoms with Crippen LogP contribution in [0.15, 0.2) is 24.3 Å². The van der Waals surface area contributed by atoms with E-state index in [1.807, 2.05) is 0 Å². The van der Waals surface area contributed by atoms with Crippen LogP contribution in [0.1, 0.15) is 44.7 Å². The van der Waals surface area contributed by atoms with Gasteiger partial charge in [0.1, 0.15) is 5.60 Å². The van der Waals surface area contributed by atoms with Crippen LogP contribution in [0.2, 0.25) is 0 Å². The summed E-state index contributed by atoms with van der Waals surface area (Å²) in [6.07, 6.45) is -4.04. The van der Waals surface area contributed by atoms with Gasteiger partial charge in [-0.15, -0.1) is 0 Å². The van der Waals surface area contributed by atoms with E-state index in [0.29, 0.717) is 12.2 Å². The standard InChI is InChI=1S/C17H21F3N2O3S/c1-16(2,3)25-13(23)9-6-10-26-15(22)24-14(21)11-7-4-5-8-12(11)17(18,19)20/h4-5,7-8,21-22H,6,9-10H2,1-3H3. The first kappa shape index (κ1) is 22.0. The van der Waals surface area contributed by atoms with Crippen molar-refractivity contribution in [2.24, 2.45) is 0 Å². The van der Waals surface area contributed by atoms with Crippen molar-refractivity contribution in [3.8, 4) is 0 Å². The smallest absolute Gasteiger partial charge is 0.417 e. The maximum absolute atomic E-state index is 12.9. The summed E-state index contributed by atoms with van der Waals surface area (Å²) in [4.78, 5) is 11.5. The summed E-state index contributed by atoms with van der Waals surface area (Å²) >= 11 is 0.904. The maximum Gasteiger partial charge on any atom is 0.417 e. The molecule has 5 nitrogen and oxygen atoms in total. The number of thioether (sulfide) groups is 1. The number of ether oxygens (including phenoxy) is 2. The summed E-state index contributed by atoms with van der Waals surface area (Å²) in [5, 5.41) is 14.9. The van der Waals surface area contributed by atoms with Gasteiger partial charge in [0.15, 0.2) is 0 Å². The Balaban J connectivity index is 2.47. The Bertz CT molecular complexity index is 670. The summed E-state index contributed by atoms with van der Waals surface area (Å²) in [5.41, 5.74) is -1.99. The fourth-order valence-electron chi connectivity index (χ4n) is 1.88. The largest absolute Gasteiger partial charge is 0.460 e. The Morgan fingerprint density at radius 3 is 2.35 bits per heavy atom. The number of carbonyl (C=O) groups is 1.